The third-order valence-electron chi connectivity index (χ3n) is 2.64. The molecule has 1 N–H and O–H groups in total. The Bertz CT molecular complexity index is 574. The maximum Gasteiger partial charge on any atom is 0.251 e. The van der Waals surface area contributed by atoms with E-state index < -0.39 is 0 Å². The lowest BCUT2D eigenvalue weighted by molar-refractivity contribution is 0.0935. The summed E-state index contributed by atoms with van der Waals surface area (Å²) >= 11 is 10.8. The zero-order valence-corrected chi connectivity index (χ0v) is 13.3. The van der Waals surface area contributed by atoms with Gasteiger partial charge in [-0.05, 0) is 40.5 Å². The number of benzene rings is 1. The van der Waals surface area contributed by atoms with Crippen LogP contribution in [0.1, 0.15) is 34.8 Å². The minimum absolute atomic E-state index is 0.0537. The molecule has 0 fully saturated rings. The number of carbonyl (C=O) groups is 1. The lowest BCUT2D eigenvalue weighted by Gasteiger charge is -2.14. The van der Waals surface area contributed by atoms with Crippen LogP contribution in [0.25, 0.3) is 0 Å². The second-order valence-electron chi connectivity index (χ2n) is 3.93. The summed E-state index contributed by atoms with van der Waals surface area (Å²) in [6.07, 6.45) is 2.54. The Morgan fingerprint density at radius 1 is 1.58 bits per heavy atom. The largest absolute Gasteiger partial charge is 0.343 e. The number of nitrogens with zero attached hydrogens (tertiary/aromatic N) is 1. The van der Waals surface area contributed by atoms with E-state index in [2.05, 4.69) is 26.2 Å². The van der Waals surface area contributed by atoms with Crippen molar-refractivity contribution >= 4 is 44.8 Å². The summed E-state index contributed by atoms with van der Waals surface area (Å²) in [6.45, 7) is 2.02. The minimum Gasteiger partial charge on any atom is -0.343 e. The van der Waals surface area contributed by atoms with Gasteiger partial charge >= 0.3 is 0 Å². The van der Waals surface area contributed by atoms with Crippen molar-refractivity contribution in [3.63, 3.8) is 0 Å². The van der Waals surface area contributed by atoms with Crippen molar-refractivity contribution in [3.05, 3.63) is 49.8 Å². The average molecular weight is 360 g/mol. The molecule has 0 bridgehead atoms. The van der Waals surface area contributed by atoms with Crippen molar-refractivity contribution in [2.75, 3.05) is 0 Å². The van der Waals surface area contributed by atoms with E-state index in [9.17, 15) is 4.79 Å². The van der Waals surface area contributed by atoms with Gasteiger partial charge in [-0.15, -0.1) is 11.3 Å². The molecular weight excluding hydrogens is 348 g/mol. The van der Waals surface area contributed by atoms with Gasteiger partial charge in [0, 0.05) is 21.6 Å². The van der Waals surface area contributed by atoms with Crippen LogP contribution in [0.2, 0.25) is 5.02 Å². The van der Waals surface area contributed by atoms with Gasteiger partial charge in [0.15, 0.2) is 0 Å². The van der Waals surface area contributed by atoms with Gasteiger partial charge < -0.3 is 5.32 Å². The normalized spacial score (nSPS) is 12.2. The van der Waals surface area contributed by atoms with E-state index in [0.29, 0.717) is 15.1 Å². The van der Waals surface area contributed by atoms with Crippen LogP contribution >= 0.6 is 38.9 Å². The van der Waals surface area contributed by atoms with E-state index in [4.69, 9.17) is 11.6 Å². The Kier molecular flexibility index (Phi) is 4.96. The van der Waals surface area contributed by atoms with Crippen molar-refractivity contribution in [2.45, 2.75) is 19.4 Å². The highest BCUT2D eigenvalue weighted by atomic mass is 79.9. The maximum absolute atomic E-state index is 12.2. The van der Waals surface area contributed by atoms with Gasteiger partial charge in [0.2, 0.25) is 0 Å². The fourth-order valence-electron chi connectivity index (χ4n) is 1.62. The number of rotatable bonds is 4. The minimum atomic E-state index is -0.126. The van der Waals surface area contributed by atoms with Crippen molar-refractivity contribution in [1.29, 1.82) is 0 Å². The fourth-order valence-corrected chi connectivity index (χ4v) is 2.89. The van der Waals surface area contributed by atoms with E-state index in [1.54, 1.807) is 35.7 Å². The van der Waals surface area contributed by atoms with Crippen molar-refractivity contribution in [3.8, 4) is 0 Å². The molecule has 1 unspecified atom stereocenters. The van der Waals surface area contributed by atoms with Crippen LogP contribution < -0.4 is 5.32 Å². The number of thiazole rings is 1. The summed E-state index contributed by atoms with van der Waals surface area (Å²) in [5.74, 6) is -0.126. The number of halogens is 2. The molecule has 1 amide bonds. The Morgan fingerprint density at radius 3 is 2.95 bits per heavy atom. The van der Waals surface area contributed by atoms with E-state index >= 15 is 0 Å². The second-order valence-corrected chi connectivity index (χ2v) is 6.12. The van der Waals surface area contributed by atoms with Gasteiger partial charge in [0.25, 0.3) is 5.91 Å². The summed E-state index contributed by atoms with van der Waals surface area (Å²) < 4.78 is 0.712. The molecule has 0 radical (unpaired) electrons. The molecule has 19 heavy (non-hydrogen) atoms. The summed E-state index contributed by atoms with van der Waals surface area (Å²) in [6, 6.07) is 5.07. The number of nitrogens with one attached hydrogen (secondary N) is 1. The van der Waals surface area contributed by atoms with Crippen LogP contribution in [0.4, 0.5) is 0 Å². The first kappa shape index (κ1) is 14.5. The van der Waals surface area contributed by atoms with E-state index in [0.717, 1.165) is 11.4 Å². The molecule has 100 valence electrons. The summed E-state index contributed by atoms with van der Waals surface area (Å²) in [4.78, 5) is 16.4. The highest BCUT2D eigenvalue weighted by Gasteiger charge is 2.16. The number of aromatic nitrogens is 1. The molecule has 1 aromatic heterocycles. The summed E-state index contributed by atoms with van der Waals surface area (Å²) in [5.41, 5.74) is 0.575. The number of hydrogen-bond acceptors (Lipinski definition) is 3. The smallest absolute Gasteiger partial charge is 0.251 e. The first-order valence-corrected chi connectivity index (χ1v) is 7.82. The topological polar surface area (TPSA) is 42.0 Å². The van der Waals surface area contributed by atoms with Crippen LogP contribution in [0.3, 0.4) is 0 Å². The number of carbonyl (C=O) groups excluding carboxylic acids is 1. The molecule has 1 heterocycles. The molecule has 0 saturated heterocycles. The molecule has 0 aliphatic rings. The Balaban J connectivity index is 2.13. The fraction of sp³-hybridized carbons (Fsp3) is 0.231. The highest BCUT2D eigenvalue weighted by molar-refractivity contribution is 9.10. The van der Waals surface area contributed by atoms with Crippen molar-refractivity contribution in [2.24, 2.45) is 0 Å². The van der Waals surface area contributed by atoms with E-state index in [-0.39, 0.29) is 11.9 Å². The van der Waals surface area contributed by atoms with Crippen molar-refractivity contribution < 1.29 is 4.79 Å². The molecule has 2 aromatic rings. The third kappa shape index (κ3) is 3.55. The summed E-state index contributed by atoms with van der Waals surface area (Å²) in [5, 5.41) is 6.39. The monoisotopic (exact) mass is 358 g/mol. The average Bonchev–Trinajstić information content (AvgIpc) is 2.92. The van der Waals surface area contributed by atoms with Gasteiger partial charge in [-0.3, -0.25) is 4.79 Å². The molecule has 3 nitrogen and oxygen atoms in total. The van der Waals surface area contributed by atoms with Gasteiger partial charge in [-0.25, -0.2) is 4.98 Å². The molecular formula is C13H12BrClN2OS. The molecule has 1 aromatic carbocycles. The van der Waals surface area contributed by atoms with E-state index in [1.165, 1.54) is 0 Å². The van der Waals surface area contributed by atoms with Crippen LogP contribution in [-0.2, 0) is 0 Å². The maximum atomic E-state index is 12.2. The van der Waals surface area contributed by atoms with Gasteiger partial charge in [-0.1, -0.05) is 18.5 Å². The lowest BCUT2D eigenvalue weighted by Crippen LogP contribution is -2.28. The zero-order chi connectivity index (χ0) is 13.8. The Labute approximate surface area is 129 Å². The predicted molar refractivity (Wildman–Crippen MR) is 81.8 cm³/mol. The first-order chi connectivity index (χ1) is 9.11. The Hall–Kier alpha value is -0.910. The molecule has 0 aliphatic carbocycles. The molecule has 0 aliphatic heterocycles. The third-order valence-corrected chi connectivity index (χ3v) is 4.75. The molecule has 0 spiro atoms. The quantitative estimate of drug-likeness (QED) is 0.877. The standard InChI is InChI=1S/C13H12BrClN2OS/c1-2-11(13-16-5-6-19-13)17-12(18)8-3-4-10(15)9(14)7-8/h3-7,11H,2H2,1H3,(H,17,18). The van der Waals surface area contributed by atoms with Crippen LogP contribution in [0.5, 0.6) is 0 Å². The van der Waals surface area contributed by atoms with E-state index in [1.807, 2.05) is 12.3 Å². The SMILES string of the molecule is CCC(NC(=O)c1ccc(Cl)c(Br)c1)c1nccs1. The molecule has 1 atom stereocenters. The van der Waals surface area contributed by atoms with Crippen molar-refractivity contribution in [1.82, 2.24) is 10.3 Å². The highest BCUT2D eigenvalue weighted by Crippen LogP contribution is 2.24. The van der Waals surface area contributed by atoms with Crippen LogP contribution in [0, 0.1) is 0 Å². The molecule has 6 heteroatoms. The number of hydrogen-bond donors (Lipinski definition) is 1. The Morgan fingerprint density at radius 2 is 2.37 bits per heavy atom. The van der Waals surface area contributed by atoms with Gasteiger partial charge in [-0.2, -0.15) is 0 Å². The zero-order valence-electron chi connectivity index (χ0n) is 10.2. The van der Waals surface area contributed by atoms with Crippen LogP contribution in [0.15, 0.2) is 34.2 Å². The molecule has 0 saturated carbocycles. The predicted octanol–water partition coefficient (Wildman–Crippen LogP) is 4.44. The summed E-state index contributed by atoms with van der Waals surface area (Å²) in [7, 11) is 0. The second kappa shape index (κ2) is 6.50. The lowest BCUT2D eigenvalue weighted by atomic mass is 10.2. The molecule has 2 rings (SSSR count). The number of amides is 1. The van der Waals surface area contributed by atoms with Crippen LogP contribution in [-0.4, -0.2) is 10.9 Å². The first-order valence-electron chi connectivity index (χ1n) is 5.77. The van der Waals surface area contributed by atoms with Gasteiger partial charge in [0.05, 0.1) is 11.1 Å². The van der Waals surface area contributed by atoms with Gasteiger partial charge in [0.1, 0.15) is 5.01 Å².